The fourth-order valence-corrected chi connectivity index (χ4v) is 2.99. The first kappa shape index (κ1) is 14.8. The van der Waals surface area contributed by atoms with Crippen molar-refractivity contribution in [2.75, 3.05) is 0 Å². The van der Waals surface area contributed by atoms with Gasteiger partial charge in [0.15, 0.2) is 0 Å². The van der Waals surface area contributed by atoms with Crippen LogP contribution in [0.5, 0.6) is 0 Å². The molecule has 0 amide bonds. The number of hydrogen-bond acceptors (Lipinski definition) is 2. The SMILES string of the molecule is CC(C)(C)c1ccc2ccc3cc(-c4ccccc4)cnc3c2n1. The lowest BCUT2D eigenvalue weighted by Gasteiger charge is -2.18. The van der Waals surface area contributed by atoms with Gasteiger partial charge in [-0.15, -0.1) is 0 Å². The molecule has 0 unspecified atom stereocenters. The highest BCUT2D eigenvalue weighted by atomic mass is 14.8. The molecule has 0 aliphatic heterocycles. The van der Waals surface area contributed by atoms with Crippen LogP contribution in [0.25, 0.3) is 32.9 Å². The summed E-state index contributed by atoms with van der Waals surface area (Å²) in [6.45, 7) is 6.56. The van der Waals surface area contributed by atoms with Crippen molar-refractivity contribution < 1.29 is 0 Å². The molecule has 0 spiro atoms. The molecule has 0 saturated heterocycles. The number of aromatic nitrogens is 2. The van der Waals surface area contributed by atoms with Crippen LogP contribution in [-0.2, 0) is 5.41 Å². The molecular formula is C22H20N2. The van der Waals surface area contributed by atoms with Gasteiger partial charge >= 0.3 is 0 Å². The van der Waals surface area contributed by atoms with Crippen molar-refractivity contribution >= 4 is 21.8 Å². The van der Waals surface area contributed by atoms with Crippen LogP contribution < -0.4 is 0 Å². The summed E-state index contributed by atoms with van der Waals surface area (Å²) in [5.74, 6) is 0. The quantitative estimate of drug-likeness (QED) is 0.418. The molecule has 0 fully saturated rings. The summed E-state index contributed by atoms with van der Waals surface area (Å²) in [4.78, 5) is 9.66. The van der Waals surface area contributed by atoms with Crippen LogP contribution in [0.3, 0.4) is 0 Å². The van der Waals surface area contributed by atoms with Crippen LogP contribution in [0.2, 0.25) is 0 Å². The molecule has 2 heteroatoms. The van der Waals surface area contributed by atoms with Crippen LogP contribution in [0, 0.1) is 0 Å². The Morgan fingerprint density at radius 2 is 1.42 bits per heavy atom. The van der Waals surface area contributed by atoms with Gasteiger partial charge in [0.1, 0.15) is 0 Å². The monoisotopic (exact) mass is 312 g/mol. The minimum absolute atomic E-state index is 0.0281. The topological polar surface area (TPSA) is 25.8 Å². The van der Waals surface area contributed by atoms with Crippen molar-refractivity contribution in [3.8, 4) is 11.1 Å². The molecule has 2 aromatic carbocycles. The highest BCUT2D eigenvalue weighted by Crippen LogP contribution is 2.29. The number of benzene rings is 2. The van der Waals surface area contributed by atoms with Gasteiger partial charge in [-0.3, -0.25) is 4.98 Å². The second-order valence-corrected chi connectivity index (χ2v) is 7.25. The van der Waals surface area contributed by atoms with Gasteiger partial charge in [-0.2, -0.15) is 0 Å². The third kappa shape index (κ3) is 2.54. The first-order chi connectivity index (χ1) is 11.5. The zero-order valence-corrected chi connectivity index (χ0v) is 14.2. The molecule has 0 saturated carbocycles. The van der Waals surface area contributed by atoms with Crippen molar-refractivity contribution in [3.63, 3.8) is 0 Å². The predicted molar refractivity (Wildman–Crippen MR) is 101 cm³/mol. The number of hydrogen-bond donors (Lipinski definition) is 0. The molecule has 24 heavy (non-hydrogen) atoms. The van der Waals surface area contributed by atoms with Gasteiger partial charge in [-0.05, 0) is 17.7 Å². The number of fused-ring (bicyclic) bond motifs is 3. The molecule has 2 aromatic heterocycles. The zero-order chi connectivity index (χ0) is 16.7. The Morgan fingerprint density at radius 3 is 2.17 bits per heavy atom. The van der Waals surface area contributed by atoms with E-state index in [0.717, 1.165) is 33.1 Å². The van der Waals surface area contributed by atoms with E-state index in [-0.39, 0.29) is 5.41 Å². The summed E-state index contributed by atoms with van der Waals surface area (Å²) >= 11 is 0. The van der Waals surface area contributed by atoms with Gasteiger partial charge in [-0.25, -0.2) is 4.98 Å². The van der Waals surface area contributed by atoms with Crippen molar-refractivity contribution in [3.05, 3.63) is 72.6 Å². The smallest absolute Gasteiger partial charge is 0.0968 e. The third-order valence-corrected chi connectivity index (χ3v) is 4.39. The molecule has 0 atom stereocenters. The van der Waals surface area contributed by atoms with E-state index < -0.39 is 0 Å². The lowest BCUT2D eigenvalue weighted by molar-refractivity contribution is 0.571. The maximum absolute atomic E-state index is 4.91. The Balaban J connectivity index is 1.95. The fraction of sp³-hybridized carbons (Fsp3) is 0.182. The Kier molecular flexibility index (Phi) is 3.34. The van der Waals surface area contributed by atoms with Gasteiger partial charge in [0.2, 0.25) is 0 Å². The van der Waals surface area contributed by atoms with Crippen LogP contribution in [-0.4, -0.2) is 9.97 Å². The Labute approximate surface area is 142 Å². The normalized spacial score (nSPS) is 12.0. The Bertz CT molecular complexity index is 1030. The number of rotatable bonds is 1. The first-order valence-electron chi connectivity index (χ1n) is 8.28. The van der Waals surface area contributed by atoms with Gasteiger partial charge in [0, 0.05) is 33.6 Å². The Morgan fingerprint density at radius 1 is 0.708 bits per heavy atom. The minimum Gasteiger partial charge on any atom is -0.253 e. The van der Waals surface area contributed by atoms with Gasteiger partial charge in [-0.1, -0.05) is 69.3 Å². The van der Waals surface area contributed by atoms with E-state index in [9.17, 15) is 0 Å². The molecule has 0 aliphatic rings. The van der Waals surface area contributed by atoms with Gasteiger partial charge < -0.3 is 0 Å². The molecule has 4 rings (SSSR count). The van der Waals surface area contributed by atoms with Crippen LogP contribution in [0.15, 0.2) is 66.9 Å². The van der Waals surface area contributed by atoms with Crippen LogP contribution in [0.4, 0.5) is 0 Å². The van der Waals surface area contributed by atoms with E-state index in [1.165, 1.54) is 5.56 Å². The molecular weight excluding hydrogens is 292 g/mol. The predicted octanol–water partition coefficient (Wildman–Crippen LogP) is 5.75. The lowest BCUT2D eigenvalue weighted by Crippen LogP contribution is -2.13. The van der Waals surface area contributed by atoms with Gasteiger partial charge in [0.05, 0.1) is 11.0 Å². The number of nitrogens with zero attached hydrogens (tertiary/aromatic N) is 2. The minimum atomic E-state index is 0.0281. The lowest BCUT2D eigenvalue weighted by atomic mass is 9.91. The average Bonchev–Trinajstić information content (AvgIpc) is 2.60. The molecule has 0 aliphatic carbocycles. The standard InChI is InChI=1S/C22H20N2/c1-22(2,3)19-12-11-16-9-10-17-13-18(15-7-5-4-6-8-15)14-23-20(17)21(16)24-19/h4-14H,1-3H3. The summed E-state index contributed by atoms with van der Waals surface area (Å²) < 4.78 is 0. The summed E-state index contributed by atoms with van der Waals surface area (Å²) in [5.41, 5.74) is 5.40. The second kappa shape index (κ2) is 5.41. The maximum Gasteiger partial charge on any atom is 0.0968 e. The molecule has 0 radical (unpaired) electrons. The summed E-state index contributed by atoms with van der Waals surface area (Å²) in [6, 6.07) is 21.1. The van der Waals surface area contributed by atoms with E-state index >= 15 is 0 Å². The van der Waals surface area contributed by atoms with E-state index in [4.69, 9.17) is 9.97 Å². The average molecular weight is 312 g/mol. The first-order valence-corrected chi connectivity index (χ1v) is 8.28. The molecule has 2 nitrogen and oxygen atoms in total. The van der Waals surface area contributed by atoms with Crippen molar-refractivity contribution in [2.24, 2.45) is 0 Å². The van der Waals surface area contributed by atoms with E-state index in [0.29, 0.717) is 0 Å². The summed E-state index contributed by atoms with van der Waals surface area (Å²) in [5, 5.41) is 2.26. The molecule has 118 valence electrons. The largest absolute Gasteiger partial charge is 0.253 e. The summed E-state index contributed by atoms with van der Waals surface area (Å²) in [7, 11) is 0. The Hall–Kier alpha value is -2.74. The third-order valence-electron chi connectivity index (χ3n) is 4.39. The molecule has 2 heterocycles. The van der Waals surface area contributed by atoms with Gasteiger partial charge in [0.25, 0.3) is 0 Å². The fourth-order valence-electron chi connectivity index (χ4n) is 2.99. The van der Waals surface area contributed by atoms with Crippen LogP contribution in [0.1, 0.15) is 26.5 Å². The van der Waals surface area contributed by atoms with Crippen molar-refractivity contribution in [1.82, 2.24) is 9.97 Å². The van der Waals surface area contributed by atoms with Crippen molar-refractivity contribution in [1.29, 1.82) is 0 Å². The van der Waals surface area contributed by atoms with E-state index in [2.05, 4.69) is 75.4 Å². The highest BCUT2D eigenvalue weighted by molar-refractivity contribution is 6.03. The maximum atomic E-state index is 4.91. The summed E-state index contributed by atoms with van der Waals surface area (Å²) in [6.07, 6.45) is 1.95. The van der Waals surface area contributed by atoms with E-state index in [1.807, 2.05) is 12.3 Å². The zero-order valence-electron chi connectivity index (χ0n) is 14.2. The second-order valence-electron chi connectivity index (χ2n) is 7.25. The molecule has 0 bridgehead atoms. The highest BCUT2D eigenvalue weighted by Gasteiger charge is 2.16. The number of pyridine rings is 2. The van der Waals surface area contributed by atoms with E-state index in [1.54, 1.807) is 0 Å². The van der Waals surface area contributed by atoms with Crippen molar-refractivity contribution in [2.45, 2.75) is 26.2 Å². The van der Waals surface area contributed by atoms with Crippen LogP contribution >= 0.6 is 0 Å². The molecule has 0 N–H and O–H groups in total. The molecule has 4 aromatic rings.